The Balaban J connectivity index is 2.03. The van der Waals surface area contributed by atoms with Crippen molar-refractivity contribution in [2.75, 3.05) is 5.32 Å². The summed E-state index contributed by atoms with van der Waals surface area (Å²) in [7, 11) is 0. The van der Waals surface area contributed by atoms with Gasteiger partial charge in [0.2, 0.25) is 0 Å². The van der Waals surface area contributed by atoms with E-state index in [1.165, 1.54) is 16.7 Å². The van der Waals surface area contributed by atoms with Crippen LogP contribution in [0.4, 0.5) is 5.69 Å². The van der Waals surface area contributed by atoms with Crippen LogP contribution >= 0.6 is 23.8 Å². The zero-order chi connectivity index (χ0) is 16.3. The fraction of sp³-hybridized carbons (Fsp3) is 0.278. The van der Waals surface area contributed by atoms with Crippen LogP contribution in [0.1, 0.15) is 35.2 Å². The molecule has 2 nitrogen and oxygen atoms in total. The van der Waals surface area contributed by atoms with E-state index in [4.69, 9.17) is 23.8 Å². The molecule has 0 aliphatic heterocycles. The summed E-state index contributed by atoms with van der Waals surface area (Å²) in [5.41, 5.74) is 5.72. The summed E-state index contributed by atoms with van der Waals surface area (Å²) in [5.74, 6) is 0. The Morgan fingerprint density at radius 2 is 1.77 bits per heavy atom. The number of hydrogen-bond donors (Lipinski definition) is 2. The van der Waals surface area contributed by atoms with E-state index in [0.29, 0.717) is 5.11 Å². The van der Waals surface area contributed by atoms with Gasteiger partial charge in [0.05, 0.1) is 6.04 Å². The minimum absolute atomic E-state index is 0.140. The summed E-state index contributed by atoms with van der Waals surface area (Å²) in [6.07, 6.45) is 0. The van der Waals surface area contributed by atoms with Gasteiger partial charge < -0.3 is 10.6 Å². The third-order valence-corrected chi connectivity index (χ3v) is 4.30. The van der Waals surface area contributed by atoms with Crippen LogP contribution in [0.25, 0.3) is 0 Å². The number of aryl methyl sites for hydroxylation is 3. The highest BCUT2D eigenvalue weighted by molar-refractivity contribution is 7.80. The highest BCUT2D eigenvalue weighted by Crippen LogP contribution is 2.21. The van der Waals surface area contributed by atoms with Crippen LogP contribution in [-0.4, -0.2) is 5.11 Å². The topological polar surface area (TPSA) is 24.1 Å². The average molecular weight is 333 g/mol. The first-order valence-corrected chi connectivity index (χ1v) is 8.06. The molecular weight excluding hydrogens is 312 g/mol. The Labute approximate surface area is 142 Å². The summed E-state index contributed by atoms with van der Waals surface area (Å²) in [5, 5.41) is 7.82. The van der Waals surface area contributed by atoms with Crippen LogP contribution in [0.5, 0.6) is 0 Å². The van der Waals surface area contributed by atoms with E-state index in [0.717, 1.165) is 16.3 Å². The molecule has 0 amide bonds. The van der Waals surface area contributed by atoms with Gasteiger partial charge in [0.25, 0.3) is 0 Å². The van der Waals surface area contributed by atoms with Crippen molar-refractivity contribution < 1.29 is 0 Å². The van der Waals surface area contributed by atoms with Gasteiger partial charge >= 0.3 is 0 Å². The second kappa shape index (κ2) is 7.12. The molecule has 2 aromatic rings. The van der Waals surface area contributed by atoms with Gasteiger partial charge in [-0.05, 0) is 68.7 Å². The molecule has 2 N–H and O–H groups in total. The molecule has 0 spiro atoms. The lowest BCUT2D eigenvalue weighted by Gasteiger charge is -2.19. The fourth-order valence-electron chi connectivity index (χ4n) is 2.42. The Morgan fingerprint density at radius 1 is 1.05 bits per heavy atom. The maximum absolute atomic E-state index is 6.13. The van der Waals surface area contributed by atoms with Gasteiger partial charge in [-0.2, -0.15) is 0 Å². The van der Waals surface area contributed by atoms with Crippen molar-refractivity contribution in [1.82, 2.24) is 5.32 Å². The van der Waals surface area contributed by atoms with Gasteiger partial charge in [0.1, 0.15) is 0 Å². The van der Waals surface area contributed by atoms with Crippen molar-refractivity contribution in [3.63, 3.8) is 0 Å². The maximum atomic E-state index is 6.13. The number of thiocarbonyl (C=S) groups is 1. The number of anilines is 1. The van der Waals surface area contributed by atoms with E-state index in [-0.39, 0.29) is 6.04 Å². The first-order chi connectivity index (χ1) is 10.4. The minimum Gasteiger partial charge on any atom is -0.356 e. The first kappa shape index (κ1) is 16.8. The molecule has 0 heterocycles. The first-order valence-electron chi connectivity index (χ1n) is 7.27. The van der Waals surface area contributed by atoms with Gasteiger partial charge in [-0.25, -0.2) is 0 Å². The SMILES string of the molecule is Cc1ccc([C@@H](C)NC(=S)Nc2ccc(C)c(Cl)c2)c(C)c1. The second-order valence-corrected chi connectivity index (χ2v) is 6.46. The molecule has 2 rings (SSSR count). The van der Waals surface area contributed by atoms with Crippen LogP contribution in [0.2, 0.25) is 5.02 Å². The Kier molecular flexibility index (Phi) is 5.43. The van der Waals surface area contributed by atoms with E-state index < -0.39 is 0 Å². The summed E-state index contributed by atoms with van der Waals surface area (Å²) in [6, 6.07) is 12.4. The van der Waals surface area contributed by atoms with E-state index in [2.05, 4.69) is 49.6 Å². The van der Waals surface area contributed by atoms with Gasteiger partial charge in [-0.15, -0.1) is 0 Å². The van der Waals surface area contributed by atoms with E-state index >= 15 is 0 Å². The predicted octanol–water partition coefficient (Wildman–Crippen LogP) is 5.31. The number of hydrogen-bond acceptors (Lipinski definition) is 1. The molecule has 116 valence electrons. The lowest BCUT2D eigenvalue weighted by atomic mass is 10.0. The molecule has 0 saturated heterocycles. The van der Waals surface area contributed by atoms with Crippen LogP contribution in [0.3, 0.4) is 0 Å². The van der Waals surface area contributed by atoms with E-state index in [9.17, 15) is 0 Å². The fourth-order valence-corrected chi connectivity index (χ4v) is 2.90. The van der Waals surface area contributed by atoms with Crippen molar-refractivity contribution in [2.24, 2.45) is 0 Å². The molecule has 0 bridgehead atoms. The molecule has 2 aromatic carbocycles. The van der Waals surface area contributed by atoms with Crippen molar-refractivity contribution in [3.05, 3.63) is 63.7 Å². The minimum atomic E-state index is 0.140. The molecule has 0 aliphatic carbocycles. The normalized spacial score (nSPS) is 11.9. The van der Waals surface area contributed by atoms with Crippen LogP contribution in [0, 0.1) is 20.8 Å². The van der Waals surface area contributed by atoms with E-state index in [1.54, 1.807) is 0 Å². The van der Waals surface area contributed by atoms with Crippen molar-refractivity contribution in [2.45, 2.75) is 33.7 Å². The van der Waals surface area contributed by atoms with E-state index in [1.807, 2.05) is 25.1 Å². The van der Waals surface area contributed by atoms with Crippen LogP contribution in [-0.2, 0) is 0 Å². The molecule has 0 aliphatic rings. The highest BCUT2D eigenvalue weighted by atomic mass is 35.5. The zero-order valence-corrected chi connectivity index (χ0v) is 14.9. The standard InChI is InChI=1S/C18H21ClN2S/c1-11-5-8-16(13(3)9-11)14(4)20-18(22)21-15-7-6-12(2)17(19)10-15/h5-10,14H,1-4H3,(H2,20,21,22)/t14-/m1/s1. The van der Waals surface area contributed by atoms with Gasteiger partial charge in [-0.3, -0.25) is 0 Å². The second-order valence-electron chi connectivity index (χ2n) is 5.64. The smallest absolute Gasteiger partial charge is 0.171 e. The number of nitrogens with one attached hydrogen (secondary N) is 2. The Bertz CT molecular complexity index is 697. The largest absolute Gasteiger partial charge is 0.356 e. The monoisotopic (exact) mass is 332 g/mol. The van der Waals surface area contributed by atoms with Gasteiger partial charge in [-0.1, -0.05) is 41.4 Å². The molecular formula is C18H21ClN2S. The molecule has 4 heteroatoms. The summed E-state index contributed by atoms with van der Waals surface area (Å²) in [6.45, 7) is 8.30. The Morgan fingerprint density at radius 3 is 2.41 bits per heavy atom. The van der Waals surface area contributed by atoms with Gasteiger partial charge in [0, 0.05) is 10.7 Å². The predicted molar refractivity (Wildman–Crippen MR) is 99.9 cm³/mol. The summed E-state index contributed by atoms with van der Waals surface area (Å²) >= 11 is 11.5. The lowest BCUT2D eigenvalue weighted by molar-refractivity contribution is 0.717. The highest BCUT2D eigenvalue weighted by Gasteiger charge is 2.10. The van der Waals surface area contributed by atoms with Crippen LogP contribution in [0.15, 0.2) is 36.4 Å². The van der Waals surface area contributed by atoms with Gasteiger partial charge in [0.15, 0.2) is 5.11 Å². The third-order valence-electron chi connectivity index (χ3n) is 3.67. The number of halogens is 1. The maximum Gasteiger partial charge on any atom is 0.171 e. The quantitative estimate of drug-likeness (QED) is 0.744. The lowest BCUT2D eigenvalue weighted by Crippen LogP contribution is -2.31. The van der Waals surface area contributed by atoms with Crippen molar-refractivity contribution in [1.29, 1.82) is 0 Å². The average Bonchev–Trinajstić information content (AvgIpc) is 2.42. The third kappa shape index (κ3) is 4.21. The summed E-state index contributed by atoms with van der Waals surface area (Å²) < 4.78 is 0. The molecule has 0 radical (unpaired) electrons. The molecule has 0 fully saturated rings. The number of benzene rings is 2. The summed E-state index contributed by atoms with van der Waals surface area (Å²) in [4.78, 5) is 0. The molecule has 0 unspecified atom stereocenters. The number of rotatable bonds is 3. The molecule has 22 heavy (non-hydrogen) atoms. The van der Waals surface area contributed by atoms with Crippen LogP contribution < -0.4 is 10.6 Å². The molecule has 0 aromatic heterocycles. The molecule has 0 saturated carbocycles. The van der Waals surface area contributed by atoms with Crippen molar-refractivity contribution in [3.8, 4) is 0 Å². The molecule has 1 atom stereocenters. The Hall–Kier alpha value is -1.58. The van der Waals surface area contributed by atoms with Crippen molar-refractivity contribution >= 4 is 34.6 Å². The zero-order valence-electron chi connectivity index (χ0n) is 13.3.